The van der Waals surface area contributed by atoms with Gasteiger partial charge in [0, 0.05) is 32.9 Å². The lowest BCUT2D eigenvalue weighted by atomic mass is 9.69. The molecule has 36 heavy (non-hydrogen) atoms. The highest BCUT2D eigenvalue weighted by molar-refractivity contribution is 5.55. The van der Waals surface area contributed by atoms with E-state index < -0.39 is 16.2 Å². The fourth-order valence-electron chi connectivity index (χ4n) is 5.18. The summed E-state index contributed by atoms with van der Waals surface area (Å²) in [5, 5.41) is 32.2. The molecule has 0 unspecified atom stereocenters. The van der Waals surface area contributed by atoms with Crippen molar-refractivity contribution in [3.63, 3.8) is 0 Å². The van der Waals surface area contributed by atoms with Crippen LogP contribution >= 0.6 is 0 Å². The van der Waals surface area contributed by atoms with E-state index in [1.165, 1.54) is 0 Å². The SMILES string of the molecule is CC(C)(c1cc(C(C)(C)c2ccccc2O)cc(C(C)(C)c2ccccc2O)c1)c1ccccc1O. The first kappa shape index (κ1) is 25.4. The molecule has 0 aliphatic carbocycles. The second kappa shape index (κ2) is 9.05. The highest BCUT2D eigenvalue weighted by Gasteiger charge is 2.34. The molecule has 0 saturated carbocycles. The summed E-state index contributed by atoms with van der Waals surface area (Å²) in [6, 6.07) is 28.9. The molecule has 0 aromatic heterocycles. The van der Waals surface area contributed by atoms with Crippen molar-refractivity contribution in [3.8, 4) is 17.2 Å². The van der Waals surface area contributed by atoms with Gasteiger partial charge in [0.1, 0.15) is 17.2 Å². The van der Waals surface area contributed by atoms with Gasteiger partial charge in [-0.05, 0) is 34.9 Å². The molecule has 3 nitrogen and oxygen atoms in total. The Morgan fingerprint density at radius 3 is 0.833 bits per heavy atom. The van der Waals surface area contributed by atoms with Crippen LogP contribution in [-0.2, 0) is 16.2 Å². The molecule has 3 N–H and O–H groups in total. The number of aromatic hydroxyl groups is 3. The summed E-state index contributed by atoms with van der Waals surface area (Å²) in [4.78, 5) is 0. The number of hydrogen-bond donors (Lipinski definition) is 3. The predicted octanol–water partition coefficient (Wildman–Crippen LogP) is 7.78. The van der Waals surface area contributed by atoms with Crippen LogP contribution in [0.3, 0.4) is 0 Å². The van der Waals surface area contributed by atoms with Crippen LogP contribution in [0.15, 0.2) is 91.0 Å². The molecule has 0 atom stereocenters. The summed E-state index contributed by atoms with van der Waals surface area (Å²) in [6.45, 7) is 12.7. The number of phenolic OH excluding ortho intramolecular Hbond substituents is 3. The maximum absolute atomic E-state index is 10.7. The van der Waals surface area contributed by atoms with Crippen LogP contribution in [0.5, 0.6) is 17.2 Å². The molecule has 0 radical (unpaired) electrons. The van der Waals surface area contributed by atoms with Crippen LogP contribution in [0, 0.1) is 0 Å². The van der Waals surface area contributed by atoms with E-state index in [9.17, 15) is 15.3 Å². The van der Waals surface area contributed by atoms with Gasteiger partial charge in [-0.3, -0.25) is 0 Å². The first-order chi connectivity index (χ1) is 16.9. The minimum Gasteiger partial charge on any atom is -0.508 e. The molecule has 0 saturated heterocycles. The van der Waals surface area contributed by atoms with Gasteiger partial charge in [0.15, 0.2) is 0 Å². The minimum absolute atomic E-state index is 0.259. The van der Waals surface area contributed by atoms with Crippen molar-refractivity contribution in [3.05, 3.63) is 124 Å². The molecule has 0 heterocycles. The van der Waals surface area contributed by atoms with E-state index in [1.54, 1.807) is 18.2 Å². The van der Waals surface area contributed by atoms with Crippen LogP contribution in [0.2, 0.25) is 0 Å². The van der Waals surface area contributed by atoms with Crippen LogP contribution in [0.1, 0.15) is 74.9 Å². The minimum atomic E-state index is -0.500. The topological polar surface area (TPSA) is 60.7 Å². The summed E-state index contributed by atoms with van der Waals surface area (Å²) in [7, 11) is 0. The van der Waals surface area contributed by atoms with E-state index in [0.717, 1.165) is 33.4 Å². The molecule has 4 aromatic carbocycles. The Bertz CT molecular complexity index is 1210. The predicted molar refractivity (Wildman–Crippen MR) is 147 cm³/mol. The average Bonchev–Trinajstić information content (AvgIpc) is 2.84. The highest BCUT2D eigenvalue weighted by atomic mass is 16.3. The lowest BCUT2D eigenvalue weighted by Crippen LogP contribution is -2.27. The lowest BCUT2D eigenvalue weighted by Gasteiger charge is -2.35. The third-order valence-corrected chi connectivity index (χ3v) is 7.83. The molecule has 0 fully saturated rings. The highest BCUT2D eigenvalue weighted by Crippen LogP contribution is 2.45. The Morgan fingerprint density at radius 1 is 0.389 bits per heavy atom. The molecule has 0 spiro atoms. The standard InChI is InChI=1S/C33H36O3/c1-31(2,25-13-7-10-16-28(25)34)22-19-23(32(3,4)26-14-8-11-17-29(26)35)21-24(20-22)33(5,6)27-15-9-12-18-30(27)36/h7-21,34-36H,1-6H3. The molecule has 4 rings (SSSR count). The summed E-state index contributed by atoms with van der Waals surface area (Å²) >= 11 is 0. The number of hydrogen-bond acceptors (Lipinski definition) is 3. The summed E-state index contributed by atoms with van der Waals surface area (Å²) < 4.78 is 0. The maximum Gasteiger partial charge on any atom is 0.119 e. The second-order valence-corrected chi connectivity index (χ2v) is 11.2. The lowest BCUT2D eigenvalue weighted by molar-refractivity contribution is 0.449. The van der Waals surface area contributed by atoms with Gasteiger partial charge in [0.05, 0.1) is 0 Å². The van der Waals surface area contributed by atoms with Crippen LogP contribution < -0.4 is 0 Å². The third-order valence-electron chi connectivity index (χ3n) is 7.83. The molecule has 0 amide bonds. The van der Waals surface area contributed by atoms with Crippen LogP contribution in [-0.4, -0.2) is 15.3 Å². The van der Waals surface area contributed by atoms with E-state index in [-0.39, 0.29) is 17.2 Å². The fraction of sp³-hybridized carbons (Fsp3) is 0.273. The van der Waals surface area contributed by atoms with E-state index >= 15 is 0 Å². The molecule has 0 aliphatic rings. The van der Waals surface area contributed by atoms with E-state index in [0.29, 0.717) is 0 Å². The summed E-state index contributed by atoms with van der Waals surface area (Å²) in [6.07, 6.45) is 0. The number of rotatable bonds is 6. The quantitative estimate of drug-likeness (QED) is 0.264. The zero-order valence-electron chi connectivity index (χ0n) is 22.0. The number of phenols is 3. The van der Waals surface area contributed by atoms with Crippen molar-refractivity contribution in [1.29, 1.82) is 0 Å². The normalized spacial score (nSPS) is 12.5. The Labute approximate surface area is 214 Å². The number of para-hydroxylation sites is 3. The van der Waals surface area contributed by atoms with Gasteiger partial charge < -0.3 is 15.3 Å². The van der Waals surface area contributed by atoms with Crippen molar-refractivity contribution in [1.82, 2.24) is 0 Å². The zero-order chi connectivity index (χ0) is 26.3. The smallest absolute Gasteiger partial charge is 0.119 e. The molecular formula is C33H36O3. The maximum atomic E-state index is 10.7. The molecule has 0 bridgehead atoms. The Hall–Kier alpha value is -3.72. The van der Waals surface area contributed by atoms with Gasteiger partial charge in [-0.15, -0.1) is 0 Å². The van der Waals surface area contributed by atoms with Crippen molar-refractivity contribution in [2.75, 3.05) is 0 Å². The molecule has 3 heteroatoms. The largest absolute Gasteiger partial charge is 0.508 e. The van der Waals surface area contributed by atoms with E-state index in [1.807, 2.05) is 54.6 Å². The monoisotopic (exact) mass is 480 g/mol. The van der Waals surface area contributed by atoms with Crippen LogP contribution in [0.4, 0.5) is 0 Å². The van der Waals surface area contributed by atoms with Gasteiger partial charge in [-0.2, -0.15) is 0 Å². The van der Waals surface area contributed by atoms with Crippen molar-refractivity contribution >= 4 is 0 Å². The van der Waals surface area contributed by atoms with Gasteiger partial charge in [0.25, 0.3) is 0 Å². The van der Waals surface area contributed by atoms with Crippen molar-refractivity contribution < 1.29 is 15.3 Å². The summed E-state index contributed by atoms with van der Waals surface area (Å²) in [5.41, 5.74) is 4.16. The molecule has 0 aliphatic heterocycles. The fourth-order valence-corrected chi connectivity index (χ4v) is 5.18. The molecule has 186 valence electrons. The van der Waals surface area contributed by atoms with E-state index in [4.69, 9.17) is 0 Å². The van der Waals surface area contributed by atoms with Gasteiger partial charge in [-0.1, -0.05) is 114 Å². The second-order valence-electron chi connectivity index (χ2n) is 11.2. The Morgan fingerprint density at radius 2 is 0.611 bits per heavy atom. The molecular weight excluding hydrogens is 444 g/mol. The summed E-state index contributed by atoms with van der Waals surface area (Å²) in [5.74, 6) is 0.776. The van der Waals surface area contributed by atoms with Crippen LogP contribution in [0.25, 0.3) is 0 Å². The van der Waals surface area contributed by atoms with E-state index in [2.05, 4.69) is 59.7 Å². The zero-order valence-corrected chi connectivity index (χ0v) is 22.0. The first-order valence-corrected chi connectivity index (χ1v) is 12.4. The Kier molecular flexibility index (Phi) is 6.38. The third kappa shape index (κ3) is 4.35. The van der Waals surface area contributed by atoms with Gasteiger partial charge >= 0.3 is 0 Å². The van der Waals surface area contributed by atoms with Gasteiger partial charge in [0.2, 0.25) is 0 Å². The molecule has 4 aromatic rings. The first-order valence-electron chi connectivity index (χ1n) is 12.4. The number of benzene rings is 4. The van der Waals surface area contributed by atoms with Crippen molar-refractivity contribution in [2.45, 2.75) is 57.8 Å². The van der Waals surface area contributed by atoms with Gasteiger partial charge in [-0.25, -0.2) is 0 Å². The average molecular weight is 481 g/mol. The Balaban J connectivity index is 2.00. The van der Waals surface area contributed by atoms with Crippen molar-refractivity contribution in [2.24, 2.45) is 0 Å².